The second-order valence-electron chi connectivity index (χ2n) is 8.28. The summed E-state index contributed by atoms with van der Waals surface area (Å²) >= 11 is 0. The van der Waals surface area contributed by atoms with E-state index in [1.807, 2.05) is 48.5 Å². The standard InChI is InChI=1S/C29H22O8/c30-26(31)17-25(29(34)35)22(15-27(32)36-23-11-9-18-5-1-3-7-20(18)13-23)16-28(33)37-24-12-10-19-6-2-4-8-21(19)14-24/h1-14H,15-17H2,(H,30,31)(H,34,35). The average Bonchev–Trinajstić information content (AvgIpc) is 2.86. The highest BCUT2D eigenvalue weighted by Crippen LogP contribution is 2.25. The first kappa shape index (κ1) is 25.1. The normalized spacial score (nSPS) is 10.6. The van der Waals surface area contributed by atoms with Crippen LogP contribution in [0.25, 0.3) is 21.5 Å². The molecule has 186 valence electrons. The molecule has 0 radical (unpaired) electrons. The van der Waals surface area contributed by atoms with Gasteiger partial charge < -0.3 is 19.7 Å². The quantitative estimate of drug-likeness (QED) is 0.184. The number of rotatable bonds is 9. The van der Waals surface area contributed by atoms with Gasteiger partial charge in [-0.15, -0.1) is 0 Å². The van der Waals surface area contributed by atoms with Gasteiger partial charge in [0.05, 0.1) is 19.3 Å². The average molecular weight is 498 g/mol. The number of esters is 2. The van der Waals surface area contributed by atoms with Gasteiger partial charge in [0, 0.05) is 5.57 Å². The molecule has 0 spiro atoms. The number of benzene rings is 4. The summed E-state index contributed by atoms with van der Waals surface area (Å²) < 4.78 is 10.7. The summed E-state index contributed by atoms with van der Waals surface area (Å²) in [4.78, 5) is 48.5. The number of carbonyl (C=O) groups excluding carboxylic acids is 2. The van der Waals surface area contributed by atoms with Crippen LogP contribution in [0, 0.1) is 0 Å². The van der Waals surface area contributed by atoms with Gasteiger partial charge in [0.1, 0.15) is 11.5 Å². The zero-order valence-corrected chi connectivity index (χ0v) is 19.5. The Morgan fingerprint density at radius 3 is 1.41 bits per heavy atom. The molecule has 0 aliphatic heterocycles. The van der Waals surface area contributed by atoms with E-state index in [2.05, 4.69) is 0 Å². The lowest BCUT2D eigenvalue weighted by Gasteiger charge is -2.12. The lowest BCUT2D eigenvalue weighted by atomic mass is 9.99. The topological polar surface area (TPSA) is 127 Å². The molecule has 0 atom stereocenters. The lowest BCUT2D eigenvalue weighted by molar-refractivity contribution is -0.140. The molecule has 4 aromatic rings. The van der Waals surface area contributed by atoms with E-state index in [4.69, 9.17) is 9.47 Å². The van der Waals surface area contributed by atoms with E-state index in [0.29, 0.717) is 0 Å². The number of ether oxygens (including phenoxy) is 2. The molecule has 37 heavy (non-hydrogen) atoms. The minimum atomic E-state index is -1.55. The third-order valence-corrected chi connectivity index (χ3v) is 5.63. The number of carbonyl (C=O) groups is 4. The first-order valence-corrected chi connectivity index (χ1v) is 11.3. The highest BCUT2D eigenvalue weighted by atomic mass is 16.5. The Kier molecular flexibility index (Phi) is 7.59. The van der Waals surface area contributed by atoms with Crippen LogP contribution in [0.5, 0.6) is 11.5 Å². The zero-order chi connectivity index (χ0) is 26.4. The molecule has 4 rings (SSSR count). The third kappa shape index (κ3) is 6.58. The second-order valence-corrected chi connectivity index (χ2v) is 8.28. The SMILES string of the molecule is O=C(O)CC(C(=O)O)=C(CC(=O)Oc1ccc2ccccc2c1)CC(=O)Oc1ccc2ccccc2c1. The Balaban J connectivity index is 1.54. The Labute approximate surface area is 211 Å². The van der Waals surface area contributed by atoms with Crippen LogP contribution < -0.4 is 9.47 Å². The van der Waals surface area contributed by atoms with Crippen LogP contribution in [0.2, 0.25) is 0 Å². The van der Waals surface area contributed by atoms with Gasteiger partial charge in [0.15, 0.2) is 0 Å². The maximum absolute atomic E-state index is 12.7. The van der Waals surface area contributed by atoms with Crippen molar-refractivity contribution < 1.29 is 38.9 Å². The molecule has 0 aromatic heterocycles. The van der Waals surface area contributed by atoms with Crippen molar-refractivity contribution in [3.8, 4) is 11.5 Å². The van der Waals surface area contributed by atoms with Crippen molar-refractivity contribution in [2.45, 2.75) is 19.3 Å². The van der Waals surface area contributed by atoms with Crippen molar-refractivity contribution in [3.05, 3.63) is 96.1 Å². The van der Waals surface area contributed by atoms with Crippen molar-refractivity contribution in [1.82, 2.24) is 0 Å². The summed E-state index contributed by atoms with van der Waals surface area (Å²) in [7, 11) is 0. The molecule has 0 bridgehead atoms. The molecule has 0 amide bonds. The van der Waals surface area contributed by atoms with Gasteiger partial charge in [-0.3, -0.25) is 14.4 Å². The fraction of sp³-hybridized carbons (Fsp3) is 0.103. The highest BCUT2D eigenvalue weighted by Gasteiger charge is 2.24. The number of hydrogen-bond donors (Lipinski definition) is 2. The van der Waals surface area contributed by atoms with Crippen molar-refractivity contribution in [1.29, 1.82) is 0 Å². The monoisotopic (exact) mass is 498 g/mol. The molecular weight excluding hydrogens is 476 g/mol. The van der Waals surface area contributed by atoms with Gasteiger partial charge in [0.25, 0.3) is 0 Å². The largest absolute Gasteiger partial charge is 0.481 e. The number of hydrogen-bond acceptors (Lipinski definition) is 6. The van der Waals surface area contributed by atoms with Crippen LogP contribution in [0.1, 0.15) is 19.3 Å². The van der Waals surface area contributed by atoms with Crippen molar-refractivity contribution >= 4 is 45.4 Å². The second kappa shape index (κ2) is 11.2. The molecule has 0 aliphatic carbocycles. The molecule has 8 heteroatoms. The van der Waals surface area contributed by atoms with Crippen LogP contribution in [0.3, 0.4) is 0 Å². The number of carboxylic acids is 2. The summed E-state index contributed by atoms with van der Waals surface area (Å²) in [6.07, 6.45) is -2.08. The van der Waals surface area contributed by atoms with E-state index in [-0.39, 0.29) is 17.1 Å². The van der Waals surface area contributed by atoms with Crippen molar-refractivity contribution in [2.75, 3.05) is 0 Å². The lowest BCUT2D eigenvalue weighted by Crippen LogP contribution is -2.18. The van der Waals surface area contributed by atoms with Gasteiger partial charge in [-0.2, -0.15) is 0 Å². The van der Waals surface area contributed by atoms with E-state index in [9.17, 15) is 29.4 Å². The molecule has 0 heterocycles. The van der Waals surface area contributed by atoms with E-state index >= 15 is 0 Å². The minimum Gasteiger partial charge on any atom is -0.481 e. The van der Waals surface area contributed by atoms with Crippen LogP contribution in [-0.2, 0) is 19.2 Å². The number of fused-ring (bicyclic) bond motifs is 2. The molecule has 0 saturated carbocycles. The predicted octanol–water partition coefficient (Wildman–Crippen LogP) is 5.14. The Hall–Kier alpha value is -4.98. The molecule has 2 N–H and O–H groups in total. The van der Waals surface area contributed by atoms with Crippen molar-refractivity contribution in [3.63, 3.8) is 0 Å². The predicted molar refractivity (Wildman–Crippen MR) is 135 cm³/mol. The summed E-state index contributed by atoms with van der Waals surface area (Å²) in [5.74, 6) is -4.18. The molecular formula is C29H22O8. The molecule has 8 nitrogen and oxygen atoms in total. The van der Waals surface area contributed by atoms with Gasteiger partial charge in [-0.1, -0.05) is 60.7 Å². The maximum atomic E-state index is 12.7. The third-order valence-electron chi connectivity index (χ3n) is 5.63. The van der Waals surface area contributed by atoms with Crippen molar-refractivity contribution in [2.24, 2.45) is 0 Å². The number of aliphatic carboxylic acids is 2. The van der Waals surface area contributed by atoms with Crippen LogP contribution in [0.15, 0.2) is 96.1 Å². The van der Waals surface area contributed by atoms with E-state index in [1.165, 1.54) is 0 Å². The van der Waals surface area contributed by atoms with Gasteiger partial charge in [-0.25, -0.2) is 4.79 Å². The molecule has 0 saturated heterocycles. The zero-order valence-electron chi connectivity index (χ0n) is 19.5. The van der Waals surface area contributed by atoms with Gasteiger partial charge >= 0.3 is 23.9 Å². The smallest absolute Gasteiger partial charge is 0.332 e. The molecule has 0 unspecified atom stereocenters. The fourth-order valence-electron chi connectivity index (χ4n) is 3.92. The summed E-state index contributed by atoms with van der Waals surface area (Å²) in [5, 5.41) is 22.3. The first-order chi connectivity index (χ1) is 17.8. The maximum Gasteiger partial charge on any atom is 0.332 e. The van der Waals surface area contributed by atoms with E-state index < -0.39 is 48.7 Å². The Bertz CT molecular complexity index is 1450. The Morgan fingerprint density at radius 2 is 1.00 bits per heavy atom. The van der Waals surface area contributed by atoms with E-state index in [1.54, 1.807) is 36.4 Å². The fourth-order valence-corrected chi connectivity index (χ4v) is 3.92. The van der Waals surface area contributed by atoms with Crippen LogP contribution in [-0.4, -0.2) is 34.1 Å². The Morgan fingerprint density at radius 1 is 0.568 bits per heavy atom. The molecule has 0 fully saturated rings. The first-order valence-electron chi connectivity index (χ1n) is 11.3. The van der Waals surface area contributed by atoms with Gasteiger partial charge in [-0.05, 0) is 51.4 Å². The minimum absolute atomic E-state index is 0.202. The van der Waals surface area contributed by atoms with E-state index in [0.717, 1.165) is 21.5 Å². The highest BCUT2D eigenvalue weighted by molar-refractivity contribution is 5.95. The number of carboxylic acid groups (broad SMARTS) is 2. The molecule has 0 aliphatic rings. The van der Waals surface area contributed by atoms with Crippen LogP contribution >= 0.6 is 0 Å². The summed E-state index contributed by atoms with van der Waals surface area (Å²) in [6, 6.07) is 24.9. The molecule has 4 aromatic carbocycles. The van der Waals surface area contributed by atoms with Gasteiger partial charge in [0.2, 0.25) is 0 Å². The summed E-state index contributed by atoms with van der Waals surface area (Å²) in [5.41, 5.74) is -0.773. The summed E-state index contributed by atoms with van der Waals surface area (Å²) in [6.45, 7) is 0. The van der Waals surface area contributed by atoms with Crippen LogP contribution in [0.4, 0.5) is 0 Å².